The molecule has 1 rings (SSSR count). The van der Waals surface area contributed by atoms with Crippen LogP contribution in [-0.2, 0) is 11.2 Å². The highest BCUT2D eigenvalue weighted by molar-refractivity contribution is 5.89. The highest BCUT2D eigenvalue weighted by atomic mass is 16.4. The lowest BCUT2D eigenvalue weighted by Gasteiger charge is -2.14. The number of aliphatic carboxylic acids is 1. The van der Waals surface area contributed by atoms with Gasteiger partial charge < -0.3 is 15.7 Å². The number of aromatic nitrogens is 1. The van der Waals surface area contributed by atoms with Crippen molar-refractivity contribution < 1.29 is 14.7 Å². The standard InChI is InChI=1S/C15H23N3O3/c1-3-4-5-6-11(2)17-15(21)18-13-8-7-12(16-10-13)9-14(19)20/h7-8,10-11H,3-6,9H2,1-2H3,(H,19,20)(H2,17,18,21). The van der Waals surface area contributed by atoms with Gasteiger partial charge in [0.1, 0.15) is 0 Å². The number of carbonyl (C=O) groups is 2. The highest BCUT2D eigenvalue weighted by Gasteiger charge is 2.08. The summed E-state index contributed by atoms with van der Waals surface area (Å²) in [4.78, 5) is 26.3. The minimum Gasteiger partial charge on any atom is -0.481 e. The summed E-state index contributed by atoms with van der Waals surface area (Å²) in [5.41, 5.74) is 1.00. The molecule has 116 valence electrons. The monoisotopic (exact) mass is 293 g/mol. The largest absolute Gasteiger partial charge is 0.481 e. The molecule has 3 N–H and O–H groups in total. The van der Waals surface area contributed by atoms with Crippen LogP contribution in [0.15, 0.2) is 18.3 Å². The molecule has 0 spiro atoms. The summed E-state index contributed by atoms with van der Waals surface area (Å²) >= 11 is 0. The Labute approximate surface area is 125 Å². The minimum atomic E-state index is -0.929. The van der Waals surface area contributed by atoms with E-state index in [0.29, 0.717) is 11.4 Å². The molecular weight excluding hydrogens is 270 g/mol. The summed E-state index contributed by atoms with van der Waals surface area (Å²) in [6.45, 7) is 4.12. The van der Waals surface area contributed by atoms with Crippen LogP contribution in [-0.4, -0.2) is 28.1 Å². The van der Waals surface area contributed by atoms with Crippen LogP contribution in [0.4, 0.5) is 10.5 Å². The number of anilines is 1. The first-order valence-corrected chi connectivity index (χ1v) is 7.25. The SMILES string of the molecule is CCCCCC(C)NC(=O)Nc1ccc(CC(=O)O)nc1. The average Bonchev–Trinajstić information content (AvgIpc) is 2.40. The van der Waals surface area contributed by atoms with Crippen molar-refractivity contribution in [3.05, 3.63) is 24.0 Å². The first kappa shape index (κ1) is 16.9. The van der Waals surface area contributed by atoms with E-state index in [2.05, 4.69) is 22.5 Å². The number of nitrogens with one attached hydrogen (secondary N) is 2. The van der Waals surface area contributed by atoms with E-state index in [1.165, 1.54) is 12.6 Å². The van der Waals surface area contributed by atoms with Crippen molar-refractivity contribution >= 4 is 17.7 Å². The topological polar surface area (TPSA) is 91.3 Å². The summed E-state index contributed by atoms with van der Waals surface area (Å²) in [5, 5.41) is 14.2. The van der Waals surface area contributed by atoms with Crippen LogP contribution in [0.2, 0.25) is 0 Å². The van der Waals surface area contributed by atoms with Crippen molar-refractivity contribution in [3.8, 4) is 0 Å². The number of carboxylic acids is 1. The van der Waals surface area contributed by atoms with Crippen molar-refractivity contribution in [3.63, 3.8) is 0 Å². The smallest absolute Gasteiger partial charge is 0.319 e. The zero-order valence-electron chi connectivity index (χ0n) is 12.6. The third-order valence-corrected chi connectivity index (χ3v) is 3.03. The average molecular weight is 293 g/mol. The van der Waals surface area contributed by atoms with E-state index in [1.807, 2.05) is 6.92 Å². The van der Waals surface area contributed by atoms with E-state index in [1.54, 1.807) is 12.1 Å². The molecule has 1 aromatic heterocycles. The minimum absolute atomic E-state index is 0.121. The molecule has 1 atom stereocenters. The number of urea groups is 1. The van der Waals surface area contributed by atoms with E-state index in [4.69, 9.17) is 5.11 Å². The van der Waals surface area contributed by atoms with Gasteiger partial charge in [0.05, 0.1) is 24.0 Å². The molecule has 0 saturated carbocycles. The summed E-state index contributed by atoms with van der Waals surface area (Å²) in [7, 11) is 0. The zero-order chi connectivity index (χ0) is 15.7. The Morgan fingerprint density at radius 3 is 2.67 bits per heavy atom. The fourth-order valence-corrected chi connectivity index (χ4v) is 1.92. The number of carbonyl (C=O) groups excluding carboxylic acids is 1. The molecule has 0 radical (unpaired) electrons. The molecule has 0 aliphatic carbocycles. The first-order chi connectivity index (χ1) is 10.0. The molecule has 0 aliphatic rings. The van der Waals surface area contributed by atoms with Crippen LogP contribution in [0, 0.1) is 0 Å². The Bertz CT molecular complexity index is 460. The van der Waals surface area contributed by atoms with Crippen molar-refractivity contribution in [2.45, 2.75) is 52.0 Å². The zero-order valence-corrected chi connectivity index (χ0v) is 12.6. The molecule has 0 fully saturated rings. The second-order valence-electron chi connectivity index (χ2n) is 5.10. The van der Waals surface area contributed by atoms with Gasteiger partial charge in [-0.15, -0.1) is 0 Å². The lowest BCUT2D eigenvalue weighted by atomic mass is 10.1. The number of unbranched alkanes of at least 4 members (excludes halogenated alkanes) is 2. The number of nitrogens with zero attached hydrogens (tertiary/aromatic N) is 1. The fraction of sp³-hybridized carbons (Fsp3) is 0.533. The molecule has 21 heavy (non-hydrogen) atoms. The van der Waals surface area contributed by atoms with Gasteiger partial charge in [-0.2, -0.15) is 0 Å². The van der Waals surface area contributed by atoms with Crippen LogP contribution < -0.4 is 10.6 Å². The van der Waals surface area contributed by atoms with E-state index in [0.717, 1.165) is 19.3 Å². The number of hydrogen-bond acceptors (Lipinski definition) is 3. The number of pyridine rings is 1. The fourth-order valence-electron chi connectivity index (χ4n) is 1.92. The summed E-state index contributed by atoms with van der Waals surface area (Å²) in [6, 6.07) is 3.09. The Hall–Kier alpha value is -2.11. The van der Waals surface area contributed by atoms with Crippen molar-refractivity contribution in [2.24, 2.45) is 0 Å². The van der Waals surface area contributed by atoms with Gasteiger partial charge in [-0.25, -0.2) is 4.79 Å². The lowest BCUT2D eigenvalue weighted by molar-refractivity contribution is -0.136. The van der Waals surface area contributed by atoms with Crippen LogP contribution in [0.25, 0.3) is 0 Å². The van der Waals surface area contributed by atoms with E-state index in [-0.39, 0.29) is 18.5 Å². The van der Waals surface area contributed by atoms with Gasteiger partial charge in [0.2, 0.25) is 0 Å². The Balaban J connectivity index is 2.38. The van der Waals surface area contributed by atoms with Gasteiger partial charge in [-0.1, -0.05) is 26.2 Å². The molecule has 6 heteroatoms. The maximum atomic E-state index is 11.8. The van der Waals surface area contributed by atoms with Gasteiger partial charge in [0.25, 0.3) is 0 Å². The second-order valence-corrected chi connectivity index (χ2v) is 5.10. The van der Waals surface area contributed by atoms with Gasteiger partial charge in [-0.05, 0) is 25.5 Å². The molecule has 0 bridgehead atoms. The van der Waals surface area contributed by atoms with Gasteiger partial charge >= 0.3 is 12.0 Å². The molecule has 1 heterocycles. The van der Waals surface area contributed by atoms with Gasteiger partial charge in [0.15, 0.2) is 0 Å². The van der Waals surface area contributed by atoms with Gasteiger partial charge in [-0.3, -0.25) is 9.78 Å². The van der Waals surface area contributed by atoms with Gasteiger partial charge in [0, 0.05) is 6.04 Å². The molecule has 6 nitrogen and oxygen atoms in total. The lowest BCUT2D eigenvalue weighted by Crippen LogP contribution is -2.36. The molecule has 0 saturated heterocycles. The predicted octanol–water partition coefficient (Wildman–Crippen LogP) is 2.80. The van der Waals surface area contributed by atoms with E-state index >= 15 is 0 Å². The van der Waals surface area contributed by atoms with Crippen molar-refractivity contribution in [2.75, 3.05) is 5.32 Å². The third-order valence-electron chi connectivity index (χ3n) is 3.03. The quantitative estimate of drug-likeness (QED) is 0.643. The molecule has 2 amide bonds. The maximum Gasteiger partial charge on any atom is 0.319 e. The summed E-state index contributed by atoms with van der Waals surface area (Å²) < 4.78 is 0. The molecule has 0 aliphatic heterocycles. The highest BCUT2D eigenvalue weighted by Crippen LogP contribution is 2.07. The van der Waals surface area contributed by atoms with Crippen molar-refractivity contribution in [1.29, 1.82) is 0 Å². The number of rotatable bonds is 8. The third kappa shape index (κ3) is 7.29. The predicted molar refractivity (Wildman–Crippen MR) is 81.3 cm³/mol. The Kier molecular flexibility index (Phi) is 7.21. The van der Waals surface area contributed by atoms with Crippen LogP contribution >= 0.6 is 0 Å². The van der Waals surface area contributed by atoms with Crippen LogP contribution in [0.1, 0.15) is 45.2 Å². The number of carboxylic acid groups (broad SMARTS) is 1. The van der Waals surface area contributed by atoms with Crippen molar-refractivity contribution in [1.82, 2.24) is 10.3 Å². The molecule has 1 unspecified atom stereocenters. The Morgan fingerprint density at radius 2 is 2.10 bits per heavy atom. The molecule has 0 aromatic carbocycles. The first-order valence-electron chi connectivity index (χ1n) is 7.25. The maximum absolute atomic E-state index is 11.8. The normalized spacial score (nSPS) is 11.7. The number of amides is 2. The van der Waals surface area contributed by atoms with Crippen LogP contribution in [0.5, 0.6) is 0 Å². The summed E-state index contributed by atoms with van der Waals surface area (Å²) in [5.74, 6) is -0.929. The van der Waals surface area contributed by atoms with E-state index < -0.39 is 5.97 Å². The summed E-state index contributed by atoms with van der Waals surface area (Å²) in [6.07, 6.45) is 5.72. The second kappa shape index (κ2) is 8.94. The van der Waals surface area contributed by atoms with E-state index in [9.17, 15) is 9.59 Å². The molecule has 1 aromatic rings. The Morgan fingerprint density at radius 1 is 1.33 bits per heavy atom. The van der Waals surface area contributed by atoms with Crippen LogP contribution in [0.3, 0.4) is 0 Å². The molecular formula is C15H23N3O3. The number of hydrogen-bond donors (Lipinski definition) is 3.